The molecule has 162 valence electrons. The molecule has 6 nitrogen and oxygen atoms in total. The zero-order valence-corrected chi connectivity index (χ0v) is 18.3. The first kappa shape index (κ1) is 20.7. The maximum atomic E-state index is 12.9. The van der Waals surface area contributed by atoms with E-state index >= 15 is 0 Å². The van der Waals surface area contributed by atoms with Gasteiger partial charge in [-0.1, -0.05) is 54.6 Å². The van der Waals surface area contributed by atoms with Crippen LogP contribution in [0.3, 0.4) is 0 Å². The van der Waals surface area contributed by atoms with Gasteiger partial charge in [0, 0.05) is 47.6 Å². The van der Waals surface area contributed by atoms with Crippen LogP contribution in [0.15, 0.2) is 78.9 Å². The van der Waals surface area contributed by atoms with Gasteiger partial charge in [-0.05, 0) is 31.2 Å². The summed E-state index contributed by atoms with van der Waals surface area (Å²) in [5.74, 6) is 0.900. The van der Waals surface area contributed by atoms with E-state index in [1.807, 2.05) is 59.5 Å². The van der Waals surface area contributed by atoms with Crippen LogP contribution in [0.5, 0.6) is 0 Å². The number of hydrogen-bond acceptors (Lipinski definition) is 5. The number of piperazine rings is 1. The molecule has 0 bridgehead atoms. The van der Waals surface area contributed by atoms with E-state index in [0.29, 0.717) is 25.2 Å². The Bertz CT molecular complexity index is 1340. The van der Waals surface area contributed by atoms with Crippen molar-refractivity contribution >= 4 is 22.5 Å². The van der Waals surface area contributed by atoms with Crippen molar-refractivity contribution in [1.29, 1.82) is 5.26 Å². The normalized spacial score (nSPS) is 15.9. The summed E-state index contributed by atoms with van der Waals surface area (Å²) >= 11 is 0. The highest BCUT2D eigenvalue weighted by Gasteiger charge is 2.29. The number of nitrogens with zero attached hydrogens (tertiary/aromatic N) is 5. The number of anilines is 1. The maximum absolute atomic E-state index is 12.9. The topological polar surface area (TPSA) is 73.1 Å². The molecule has 0 radical (unpaired) electrons. The minimum atomic E-state index is 0.0641. The van der Waals surface area contributed by atoms with Crippen molar-refractivity contribution in [3.8, 4) is 17.3 Å². The Labute approximate surface area is 192 Å². The number of amides is 1. The summed E-state index contributed by atoms with van der Waals surface area (Å²) in [6, 6.07) is 27.2. The van der Waals surface area contributed by atoms with Gasteiger partial charge in [0.1, 0.15) is 5.69 Å². The lowest BCUT2D eigenvalue weighted by Crippen LogP contribution is -2.54. The second kappa shape index (κ2) is 8.71. The van der Waals surface area contributed by atoms with Gasteiger partial charge >= 0.3 is 0 Å². The molecule has 0 aliphatic carbocycles. The lowest BCUT2D eigenvalue weighted by Gasteiger charge is -2.40. The molecule has 4 aromatic rings. The predicted molar refractivity (Wildman–Crippen MR) is 129 cm³/mol. The van der Waals surface area contributed by atoms with Crippen LogP contribution >= 0.6 is 0 Å². The first-order valence-electron chi connectivity index (χ1n) is 11.0. The van der Waals surface area contributed by atoms with Crippen molar-refractivity contribution in [3.05, 3.63) is 90.0 Å². The summed E-state index contributed by atoms with van der Waals surface area (Å²) in [5.41, 5.74) is 3.06. The number of rotatable bonds is 3. The number of nitriles is 1. The van der Waals surface area contributed by atoms with Crippen LogP contribution in [0.1, 0.15) is 22.8 Å². The van der Waals surface area contributed by atoms with Crippen LogP contribution in [0, 0.1) is 11.3 Å². The quantitative estimate of drug-likeness (QED) is 0.475. The van der Waals surface area contributed by atoms with Crippen LogP contribution < -0.4 is 4.90 Å². The van der Waals surface area contributed by atoms with Gasteiger partial charge in [-0.2, -0.15) is 5.26 Å². The SMILES string of the molecule is C[C@@H]1CN(C(=O)c2ccccc2)CCN1c1nnc(-c2ccc(C#N)cc2)c2ccccc12. The number of fused-ring (bicyclic) bond motifs is 1. The molecule has 1 amide bonds. The van der Waals surface area contributed by atoms with Crippen LogP contribution in [-0.2, 0) is 0 Å². The highest BCUT2D eigenvalue weighted by atomic mass is 16.2. The van der Waals surface area contributed by atoms with E-state index < -0.39 is 0 Å². The molecule has 0 N–H and O–H groups in total. The molecule has 1 fully saturated rings. The Morgan fingerprint density at radius 1 is 0.909 bits per heavy atom. The maximum Gasteiger partial charge on any atom is 0.253 e. The predicted octanol–water partition coefficient (Wildman–Crippen LogP) is 4.52. The van der Waals surface area contributed by atoms with Crippen molar-refractivity contribution in [3.63, 3.8) is 0 Å². The molecule has 3 aromatic carbocycles. The summed E-state index contributed by atoms with van der Waals surface area (Å²) in [6.07, 6.45) is 0. The van der Waals surface area contributed by atoms with Gasteiger partial charge in [-0.3, -0.25) is 4.79 Å². The highest BCUT2D eigenvalue weighted by Crippen LogP contribution is 2.33. The zero-order chi connectivity index (χ0) is 22.8. The second-order valence-corrected chi connectivity index (χ2v) is 8.27. The first-order chi connectivity index (χ1) is 16.2. The van der Waals surface area contributed by atoms with E-state index in [1.165, 1.54) is 0 Å². The molecule has 0 spiro atoms. The van der Waals surface area contributed by atoms with Gasteiger partial charge < -0.3 is 9.80 Å². The summed E-state index contributed by atoms with van der Waals surface area (Å²) in [4.78, 5) is 17.1. The van der Waals surface area contributed by atoms with Crippen LogP contribution in [0.4, 0.5) is 5.82 Å². The number of carbonyl (C=O) groups excluding carboxylic acids is 1. The molecule has 1 aliphatic rings. The molecule has 1 saturated heterocycles. The van der Waals surface area contributed by atoms with Gasteiger partial charge in [0.2, 0.25) is 0 Å². The molecule has 5 rings (SSSR count). The third-order valence-electron chi connectivity index (χ3n) is 6.16. The second-order valence-electron chi connectivity index (χ2n) is 8.27. The molecule has 2 heterocycles. The van der Waals surface area contributed by atoms with E-state index in [4.69, 9.17) is 5.26 Å². The molecular formula is C27H23N5O. The average Bonchev–Trinajstić information content (AvgIpc) is 2.88. The van der Waals surface area contributed by atoms with Crippen molar-refractivity contribution in [2.45, 2.75) is 13.0 Å². The van der Waals surface area contributed by atoms with Crippen molar-refractivity contribution in [2.24, 2.45) is 0 Å². The Kier molecular flexibility index (Phi) is 5.45. The van der Waals surface area contributed by atoms with E-state index in [1.54, 1.807) is 12.1 Å². The number of hydrogen-bond donors (Lipinski definition) is 0. The summed E-state index contributed by atoms with van der Waals surface area (Å²) < 4.78 is 0. The largest absolute Gasteiger partial charge is 0.348 e. The summed E-state index contributed by atoms with van der Waals surface area (Å²) in [6.45, 7) is 4.07. The molecule has 1 aliphatic heterocycles. The summed E-state index contributed by atoms with van der Waals surface area (Å²) in [7, 11) is 0. The Hall–Kier alpha value is -4.24. The van der Waals surface area contributed by atoms with E-state index in [-0.39, 0.29) is 11.9 Å². The Morgan fingerprint density at radius 3 is 2.30 bits per heavy atom. The molecule has 6 heteroatoms. The van der Waals surface area contributed by atoms with Gasteiger partial charge in [0.25, 0.3) is 5.91 Å². The number of carbonyl (C=O) groups is 1. The lowest BCUT2D eigenvalue weighted by atomic mass is 10.0. The number of aromatic nitrogens is 2. The average molecular weight is 434 g/mol. The fourth-order valence-corrected chi connectivity index (χ4v) is 4.44. The molecule has 1 atom stereocenters. The van der Waals surface area contributed by atoms with Crippen LogP contribution in [0.2, 0.25) is 0 Å². The van der Waals surface area contributed by atoms with Gasteiger partial charge in [0.05, 0.1) is 11.6 Å². The van der Waals surface area contributed by atoms with Gasteiger partial charge in [0.15, 0.2) is 5.82 Å². The van der Waals surface area contributed by atoms with Crippen molar-refractivity contribution < 1.29 is 4.79 Å². The zero-order valence-electron chi connectivity index (χ0n) is 18.3. The summed E-state index contributed by atoms with van der Waals surface area (Å²) in [5, 5.41) is 20.4. The molecule has 0 unspecified atom stereocenters. The van der Waals surface area contributed by atoms with Crippen LogP contribution in [-0.4, -0.2) is 46.7 Å². The van der Waals surface area contributed by atoms with E-state index in [0.717, 1.165) is 33.4 Å². The fourth-order valence-electron chi connectivity index (χ4n) is 4.44. The standard InChI is InChI=1S/C27H23N5O/c1-19-18-31(27(33)22-7-3-2-4-8-22)15-16-32(19)26-24-10-6-5-9-23(24)25(29-30-26)21-13-11-20(17-28)12-14-21/h2-14,19H,15-16,18H2,1H3/t19-/m1/s1. The van der Waals surface area contributed by atoms with Crippen molar-refractivity contribution in [2.75, 3.05) is 24.5 Å². The van der Waals surface area contributed by atoms with Crippen molar-refractivity contribution in [1.82, 2.24) is 15.1 Å². The third kappa shape index (κ3) is 3.90. The lowest BCUT2D eigenvalue weighted by molar-refractivity contribution is 0.0726. The minimum Gasteiger partial charge on any atom is -0.348 e. The third-order valence-corrected chi connectivity index (χ3v) is 6.16. The Morgan fingerprint density at radius 2 is 1.61 bits per heavy atom. The van der Waals surface area contributed by atoms with Gasteiger partial charge in [-0.15, -0.1) is 10.2 Å². The molecular weight excluding hydrogens is 410 g/mol. The first-order valence-corrected chi connectivity index (χ1v) is 11.0. The monoisotopic (exact) mass is 433 g/mol. The highest BCUT2D eigenvalue weighted by molar-refractivity contribution is 6.00. The molecule has 0 saturated carbocycles. The smallest absolute Gasteiger partial charge is 0.253 e. The Balaban J connectivity index is 1.45. The molecule has 1 aromatic heterocycles. The van der Waals surface area contributed by atoms with E-state index in [9.17, 15) is 4.79 Å². The minimum absolute atomic E-state index is 0.0641. The van der Waals surface area contributed by atoms with Gasteiger partial charge in [-0.25, -0.2) is 0 Å². The van der Waals surface area contributed by atoms with E-state index in [2.05, 4.69) is 40.2 Å². The molecule has 33 heavy (non-hydrogen) atoms. The number of benzene rings is 3. The fraction of sp³-hybridized carbons (Fsp3) is 0.185. The van der Waals surface area contributed by atoms with Crippen LogP contribution in [0.25, 0.3) is 22.0 Å².